The molecule has 8 nitrogen and oxygen atoms in total. The Morgan fingerprint density at radius 3 is 2.64 bits per heavy atom. The van der Waals surface area contributed by atoms with Gasteiger partial charge in [-0.1, -0.05) is 53.5 Å². The molecule has 0 radical (unpaired) electrons. The zero-order chi connectivity index (χ0) is 20.0. The first-order valence-electron chi connectivity index (χ1n) is 8.39. The van der Waals surface area contributed by atoms with Gasteiger partial charge in [0.05, 0.1) is 23.2 Å². The first-order valence-corrected chi connectivity index (χ1v) is 9.14. The van der Waals surface area contributed by atoms with Crippen LogP contribution in [0.4, 0.5) is 11.6 Å². The number of fused-ring (bicyclic) bond motifs is 1. The molecule has 4 N–H and O–H groups in total. The van der Waals surface area contributed by atoms with Crippen LogP contribution < -0.4 is 27.4 Å². The van der Waals surface area contributed by atoms with E-state index in [1.165, 1.54) is 7.05 Å². The number of H-pyrrole nitrogens is 1. The van der Waals surface area contributed by atoms with Crippen molar-refractivity contribution in [2.24, 2.45) is 7.05 Å². The van der Waals surface area contributed by atoms with Crippen LogP contribution in [0, 0.1) is 0 Å². The van der Waals surface area contributed by atoms with Crippen LogP contribution in [0.2, 0.25) is 10.2 Å². The van der Waals surface area contributed by atoms with Crippen LogP contribution in [-0.4, -0.2) is 14.5 Å². The highest BCUT2D eigenvalue weighted by Crippen LogP contribution is 2.38. The second-order valence-electron chi connectivity index (χ2n) is 6.43. The number of aromatic nitrogens is 3. The summed E-state index contributed by atoms with van der Waals surface area (Å²) in [7, 11) is 1.41. The molecule has 0 aliphatic carbocycles. The second kappa shape index (κ2) is 6.97. The van der Waals surface area contributed by atoms with Crippen LogP contribution >= 0.6 is 23.2 Å². The van der Waals surface area contributed by atoms with E-state index < -0.39 is 17.3 Å². The number of pyridine rings is 1. The average Bonchev–Trinajstić information content (AvgIpc) is 3.01. The van der Waals surface area contributed by atoms with Crippen molar-refractivity contribution in [2.45, 2.75) is 12.6 Å². The Labute approximate surface area is 169 Å². The van der Waals surface area contributed by atoms with Gasteiger partial charge in [0.15, 0.2) is 0 Å². The van der Waals surface area contributed by atoms with E-state index >= 15 is 0 Å². The normalized spacial score (nSPS) is 15.7. The molecule has 1 aromatic carbocycles. The van der Waals surface area contributed by atoms with Gasteiger partial charge in [-0.25, -0.2) is 15.2 Å². The van der Waals surface area contributed by atoms with Crippen LogP contribution in [0.15, 0.2) is 46.0 Å². The third-order valence-corrected chi connectivity index (χ3v) is 5.39. The third-order valence-electron chi connectivity index (χ3n) is 4.62. The highest BCUT2D eigenvalue weighted by molar-refractivity contribution is 6.41. The van der Waals surface area contributed by atoms with Crippen LogP contribution in [-0.2, 0) is 13.6 Å². The molecule has 3 aromatic rings. The molecular formula is C18H16Cl2N6O2. The minimum atomic E-state index is -0.649. The largest absolute Gasteiger partial charge is 0.384 e. The molecule has 0 bridgehead atoms. The maximum absolute atomic E-state index is 12.9. The Bertz CT molecular complexity index is 1180. The Hall–Kier alpha value is -2.81. The molecule has 3 heterocycles. The second-order valence-corrected chi connectivity index (χ2v) is 7.17. The lowest BCUT2D eigenvalue weighted by Gasteiger charge is -2.21. The van der Waals surface area contributed by atoms with E-state index in [0.717, 1.165) is 10.1 Å². The molecule has 144 valence electrons. The number of anilines is 2. The van der Waals surface area contributed by atoms with Crippen LogP contribution in [0.25, 0.3) is 0 Å². The number of hydrazine groups is 1. The summed E-state index contributed by atoms with van der Waals surface area (Å²) in [4.78, 5) is 31.8. The molecule has 0 saturated carbocycles. The first kappa shape index (κ1) is 18.5. The molecule has 0 fully saturated rings. The molecule has 1 unspecified atom stereocenters. The predicted octanol–water partition coefficient (Wildman–Crippen LogP) is 1.97. The van der Waals surface area contributed by atoms with Crippen molar-refractivity contribution >= 4 is 34.8 Å². The fourth-order valence-electron chi connectivity index (χ4n) is 3.25. The van der Waals surface area contributed by atoms with Gasteiger partial charge in [0.25, 0.3) is 5.56 Å². The monoisotopic (exact) mass is 418 g/mol. The third kappa shape index (κ3) is 3.05. The van der Waals surface area contributed by atoms with Crippen LogP contribution in [0.3, 0.4) is 0 Å². The molecule has 0 amide bonds. The van der Waals surface area contributed by atoms with Gasteiger partial charge in [0.2, 0.25) is 0 Å². The van der Waals surface area contributed by atoms with Crippen molar-refractivity contribution in [1.82, 2.24) is 20.0 Å². The summed E-state index contributed by atoms with van der Waals surface area (Å²) in [5.41, 5.74) is 9.95. The van der Waals surface area contributed by atoms with Crippen molar-refractivity contribution in [3.8, 4) is 0 Å². The van der Waals surface area contributed by atoms with Gasteiger partial charge < -0.3 is 5.73 Å². The summed E-state index contributed by atoms with van der Waals surface area (Å²) in [6.45, 7) is 0.416. The van der Waals surface area contributed by atoms with Gasteiger partial charge in [-0.2, -0.15) is 0 Å². The number of hydrogen-bond donors (Lipinski definition) is 3. The molecule has 28 heavy (non-hydrogen) atoms. The Balaban J connectivity index is 1.89. The van der Waals surface area contributed by atoms with Crippen molar-refractivity contribution in [3.05, 3.63) is 84.1 Å². The van der Waals surface area contributed by atoms with E-state index in [4.69, 9.17) is 28.9 Å². The van der Waals surface area contributed by atoms with Crippen molar-refractivity contribution < 1.29 is 0 Å². The number of nitrogen functional groups attached to an aromatic ring is 1. The van der Waals surface area contributed by atoms with E-state index in [-0.39, 0.29) is 16.0 Å². The quantitative estimate of drug-likeness (QED) is 0.561. The highest BCUT2D eigenvalue weighted by Gasteiger charge is 2.36. The summed E-state index contributed by atoms with van der Waals surface area (Å²) in [6, 6.07) is 10.5. The molecule has 0 saturated heterocycles. The maximum atomic E-state index is 12.9. The van der Waals surface area contributed by atoms with Gasteiger partial charge >= 0.3 is 5.69 Å². The summed E-state index contributed by atoms with van der Waals surface area (Å²) in [6.07, 6.45) is 0. The number of aromatic amines is 1. The predicted molar refractivity (Wildman–Crippen MR) is 109 cm³/mol. The fraction of sp³-hybridized carbons (Fsp3) is 0.167. The topological polar surface area (TPSA) is 109 Å². The van der Waals surface area contributed by atoms with Crippen LogP contribution in [0.1, 0.15) is 22.7 Å². The number of nitrogens with one attached hydrogen (secondary N) is 2. The molecule has 10 heteroatoms. The zero-order valence-corrected chi connectivity index (χ0v) is 16.3. The number of rotatable bonds is 3. The molecule has 2 aromatic heterocycles. The molecular weight excluding hydrogens is 403 g/mol. The number of benzene rings is 1. The summed E-state index contributed by atoms with van der Waals surface area (Å²) in [5, 5.41) is 1.94. The van der Waals surface area contributed by atoms with Crippen molar-refractivity contribution in [3.63, 3.8) is 0 Å². The molecule has 1 aliphatic heterocycles. The Morgan fingerprint density at radius 1 is 1.21 bits per heavy atom. The van der Waals surface area contributed by atoms with Gasteiger partial charge in [0.1, 0.15) is 16.8 Å². The van der Waals surface area contributed by atoms with E-state index in [0.29, 0.717) is 23.5 Å². The lowest BCUT2D eigenvalue weighted by atomic mass is 10.0. The summed E-state index contributed by atoms with van der Waals surface area (Å²) in [5.74, 6) is 0.556. The smallest absolute Gasteiger partial charge is 0.329 e. The van der Waals surface area contributed by atoms with Crippen molar-refractivity contribution in [1.29, 1.82) is 0 Å². The molecule has 1 aliphatic rings. The Morgan fingerprint density at radius 2 is 1.93 bits per heavy atom. The minimum absolute atomic E-state index is 0.0442. The first-order chi connectivity index (χ1) is 13.4. The number of nitrogens with two attached hydrogens (primary N) is 1. The summed E-state index contributed by atoms with van der Waals surface area (Å²) < 4.78 is 1.01. The number of nitrogens with zero attached hydrogens (tertiary/aromatic N) is 3. The van der Waals surface area contributed by atoms with Gasteiger partial charge in [-0.15, -0.1) is 0 Å². The zero-order valence-electron chi connectivity index (χ0n) is 14.7. The van der Waals surface area contributed by atoms with Crippen molar-refractivity contribution in [2.75, 3.05) is 10.7 Å². The molecule has 1 atom stereocenters. The average molecular weight is 419 g/mol. The van der Waals surface area contributed by atoms with E-state index in [1.54, 1.807) is 11.1 Å². The van der Waals surface area contributed by atoms with Gasteiger partial charge in [-0.3, -0.25) is 19.4 Å². The fourth-order valence-corrected chi connectivity index (χ4v) is 3.66. The lowest BCUT2D eigenvalue weighted by Crippen LogP contribution is -2.36. The lowest BCUT2D eigenvalue weighted by molar-refractivity contribution is 0.599. The SMILES string of the molecule is Cn1c(=O)[nH]c2c(c1=O)C(c1cc(N)nc(Cl)c1Cl)NN2Cc1ccccc1. The molecule has 4 rings (SSSR count). The number of halogens is 2. The minimum Gasteiger partial charge on any atom is -0.384 e. The maximum Gasteiger partial charge on any atom is 0.329 e. The van der Waals surface area contributed by atoms with Gasteiger partial charge in [-0.05, 0) is 11.6 Å². The van der Waals surface area contributed by atoms with E-state index in [1.807, 2.05) is 30.3 Å². The van der Waals surface area contributed by atoms with E-state index in [2.05, 4.69) is 15.4 Å². The molecule has 0 spiro atoms. The Kier molecular flexibility index (Phi) is 4.62. The summed E-state index contributed by atoms with van der Waals surface area (Å²) >= 11 is 12.4. The standard InChI is InChI=1S/C18H16Cl2N6O2/c1-25-17(27)12-14(10-7-11(21)22-15(20)13(10)19)24-26(16(12)23-18(25)28)8-9-5-3-2-4-6-9/h2-7,14,24H,8H2,1H3,(H2,21,22)(H,23,28). The number of hydrogen-bond acceptors (Lipinski definition) is 6. The van der Waals surface area contributed by atoms with E-state index in [9.17, 15) is 9.59 Å². The highest BCUT2D eigenvalue weighted by atomic mass is 35.5. The van der Waals surface area contributed by atoms with Crippen LogP contribution in [0.5, 0.6) is 0 Å². The van der Waals surface area contributed by atoms with Gasteiger partial charge in [0, 0.05) is 12.6 Å².